The highest BCUT2D eigenvalue weighted by atomic mass is 16.4. The summed E-state index contributed by atoms with van der Waals surface area (Å²) >= 11 is 0. The smallest absolute Gasteiger partial charge is 0.308 e. The molecule has 6 heteroatoms. The van der Waals surface area contributed by atoms with E-state index in [9.17, 15) is 9.59 Å². The molecule has 1 N–H and O–H groups in total. The Morgan fingerprint density at radius 3 is 2.95 bits per heavy atom. The van der Waals surface area contributed by atoms with E-state index in [2.05, 4.69) is 18.9 Å². The van der Waals surface area contributed by atoms with Crippen LogP contribution in [0.5, 0.6) is 0 Å². The molecule has 19 heavy (non-hydrogen) atoms. The largest absolute Gasteiger partial charge is 0.481 e. The summed E-state index contributed by atoms with van der Waals surface area (Å²) in [4.78, 5) is 24.5. The van der Waals surface area contributed by atoms with Gasteiger partial charge in [-0.1, -0.05) is 13.3 Å². The quantitative estimate of drug-likeness (QED) is 0.879. The summed E-state index contributed by atoms with van der Waals surface area (Å²) in [7, 11) is 0. The fourth-order valence-electron chi connectivity index (χ4n) is 2.50. The van der Waals surface area contributed by atoms with Crippen molar-refractivity contribution in [3.8, 4) is 0 Å². The minimum atomic E-state index is -0.913. The summed E-state index contributed by atoms with van der Waals surface area (Å²) in [6.07, 6.45) is 3.73. The first kappa shape index (κ1) is 13.6. The first-order chi connectivity index (χ1) is 9.04. The molecule has 1 fully saturated rings. The summed E-state index contributed by atoms with van der Waals surface area (Å²) in [6.45, 7) is 4.38. The van der Waals surface area contributed by atoms with Gasteiger partial charge in [-0.05, 0) is 13.3 Å². The molecular weight excluding hydrogens is 246 g/mol. The second-order valence-corrected chi connectivity index (χ2v) is 5.02. The van der Waals surface area contributed by atoms with Crippen molar-refractivity contribution in [3.63, 3.8) is 0 Å². The Labute approximate surface area is 112 Å². The van der Waals surface area contributed by atoms with Crippen LogP contribution < -0.4 is 4.90 Å². The van der Waals surface area contributed by atoms with Gasteiger partial charge in [-0.2, -0.15) is 5.10 Å². The van der Waals surface area contributed by atoms with Gasteiger partial charge in [0.1, 0.15) is 5.82 Å². The van der Waals surface area contributed by atoms with Gasteiger partial charge < -0.3 is 5.11 Å². The Kier molecular flexibility index (Phi) is 3.87. The second-order valence-electron chi connectivity index (χ2n) is 5.02. The minimum Gasteiger partial charge on any atom is -0.481 e. The van der Waals surface area contributed by atoms with E-state index in [4.69, 9.17) is 5.11 Å². The number of nitrogens with zero attached hydrogens (tertiary/aromatic N) is 3. The maximum absolute atomic E-state index is 11.9. The maximum atomic E-state index is 11.9. The van der Waals surface area contributed by atoms with Crippen LogP contribution in [0.3, 0.4) is 0 Å². The van der Waals surface area contributed by atoms with Gasteiger partial charge in [-0.15, -0.1) is 0 Å². The van der Waals surface area contributed by atoms with E-state index < -0.39 is 11.9 Å². The van der Waals surface area contributed by atoms with Gasteiger partial charge in [0.2, 0.25) is 5.91 Å². The summed E-state index contributed by atoms with van der Waals surface area (Å²) in [5.41, 5.74) is 0. The van der Waals surface area contributed by atoms with E-state index in [0.717, 1.165) is 12.8 Å². The van der Waals surface area contributed by atoms with Crippen LogP contribution in [0.15, 0.2) is 12.3 Å². The molecule has 2 rings (SSSR count). The van der Waals surface area contributed by atoms with Gasteiger partial charge in [0, 0.05) is 19.0 Å². The molecule has 1 aromatic rings. The Hall–Kier alpha value is -1.85. The lowest BCUT2D eigenvalue weighted by Gasteiger charge is -2.21. The van der Waals surface area contributed by atoms with Crippen LogP contribution in [0.1, 0.15) is 39.2 Å². The van der Waals surface area contributed by atoms with Gasteiger partial charge in [0.15, 0.2) is 0 Å². The Morgan fingerprint density at radius 2 is 2.37 bits per heavy atom. The van der Waals surface area contributed by atoms with Crippen molar-refractivity contribution >= 4 is 17.7 Å². The molecule has 1 saturated heterocycles. The molecule has 6 nitrogen and oxygen atoms in total. The first-order valence-corrected chi connectivity index (χ1v) is 6.61. The fraction of sp³-hybridized carbons (Fsp3) is 0.615. The molecule has 1 aliphatic heterocycles. The number of anilines is 1. The number of aromatic nitrogens is 2. The zero-order chi connectivity index (χ0) is 14.0. The van der Waals surface area contributed by atoms with Crippen molar-refractivity contribution in [2.24, 2.45) is 5.92 Å². The van der Waals surface area contributed by atoms with Crippen molar-refractivity contribution in [1.29, 1.82) is 0 Å². The molecule has 1 amide bonds. The van der Waals surface area contributed by atoms with Crippen LogP contribution in [-0.4, -0.2) is 33.3 Å². The molecule has 1 aliphatic rings. The third-order valence-electron chi connectivity index (χ3n) is 3.52. The van der Waals surface area contributed by atoms with Crippen molar-refractivity contribution in [3.05, 3.63) is 12.3 Å². The van der Waals surface area contributed by atoms with Crippen molar-refractivity contribution in [1.82, 2.24) is 9.78 Å². The standard InChI is InChI=1S/C13H19N3O3/c1-3-4-9(2)16-11(5-6-14-16)15-8-10(13(18)19)7-12(15)17/h5-6,9-10H,3-4,7-8H2,1-2H3,(H,18,19). The van der Waals surface area contributed by atoms with Crippen LogP contribution in [0.2, 0.25) is 0 Å². The first-order valence-electron chi connectivity index (χ1n) is 6.61. The zero-order valence-corrected chi connectivity index (χ0v) is 11.2. The molecule has 2 atom stereocenters. The van der Waals surface area contributed by atoms with Gasteiger partial charge >= 0.3 is 5.97 Å². The lowest BCUT2D eigenvalue weighted by molar-refractivity contribution is -0.141. The number of carbonyl (C=O) groups is 2. The molecule has 0 aliphatic carbocycles. The molecule has 2 unspecified atom stereocenters. The SMILES string of the molecule is CCCC(C)n1nccc1N1CC(C(=O)O)CC1=O. The highest BCUT2D eigenvalue weighted by Crippen LogP contribution is 2.28. The molecule has 104 valence electrons. The summed E-state index contributed by atoms with van der Waals surface area (Å²) in [5, 5.41) is 13.3. The molecule has 0 spiro atoms. The topological polar surface area (TPSA) is 75.4 Å². The van der Waals surface area contributed by atoms with Crippen LogP contribution >= 0.6 is 0 Å². The van der Waals surface area contributed by atoms with Crippen LogP contribution in [-0.2, 0) is 9.59 Å². The lowest BCUT2D eigenvalue weighted by atomic mass is 10.1. The highest BCUT2D eigenvalue weighted by Gasteiger charge is 2.36. The number of carboxylic acids is 1. The summed E-state index contributed by atoms with van der Waals surface area (Å²) < 4.78 is 1.81. The van der Waals surface area contributed by atoms with Crippen molar-refractivity contribution in [2.45, 2.75) is 39.2 Å². The van der Waals surface area contributed by atoms with E-state index in [0.29, 0.717) is 5.82 Å². The van der Waals surface area contributed by atoms with E-state index in [1.54, 1.807) is 12.3 Å². The van der Waals surface area contributed by atoms with Gasteiger partial charge in [-0.25, -0.2) is 4.68 Å². The molecule has 0 saturated carbocycles. The molecule has 1 aromatic heterocycles. The van der Waals surface area contributed by atoms with Crippen LogP contribution in [0.25, 0.3) is 0 Å². The number of carboxylic acid groups (broad SMARTS) is 1. The number of aliphatic carboxylic acids is 1. The number of hydrogen-bond donors (Lipinski definition) is 1. The number of rotatable bonds is 5. The Bertz CT molecular complexity index is 483. The molecule has 2 heterocycles. The minimum absolute atomic E-state index is 0.0721. The maximum Gasteiger partial charge on any atom is 0.308 e. The van der Waals surface area contributed by atoms with E-state index in [1.165, 1.54) is 4.90 Å². The second kappa shape index (κ2) is 5.42. The third kappa shape index (κ3) is 2.62. The van der Waals surface area contributed by atoms with Gasteiger partial charge in [0.05, 0.1) is 18.2 Å². The van der Waals surface area contributed by atoms with Gasteiger partial charge in [0.25, 0.3) is 0 Å². The van der Waals surface area contributed by atoms with Crippen molar-refractivity contribution in [2.75, 3.05) is 11.4 Å². The van der Waals surface area contributed by atoms with Crippen LogP contribution in [0.4, 0.5) is 5.82 Å². The summed E-state index contributed by atoms with van der Waals surface area (Å²) in [6, 6.07) is 1.97. The molecule has 0 bridgehead atoms. The molecule has 0 radical (unpaired) electrons. The van der Waals surface area contributed by atoms with Crippen LogP contribution in [0, 0.1) is 5.92 Å². The predicted molar refractivity (Wildman–Crippen MR) is 69.9 cm³/mol. The van der Waals surface area contributed by atoms with Gasteiger partial charge in [-0.3, -0.25) is 14.5 Å². The van der Waals surface area contributed by atoms with E-state index in [1.807, 2.05) is 4.68 Å². The van der Waals surface area contributed by atoms with E-state index >= 15 is 0 Å². The Morgan fingerprint density at radius 1 is 1.63 bits per heavy atom. The lowest BCUT2D eigenvalue weighted by Crippen LogP contribution is -2.29. The monoisotopic (exact) mass is 265 g/mol. The summed E-state index contributed by atoms with van der Waals surface area (Å²) in [5.74, 6) is -0.964. The average Bonchev–Trinajstić information content (AvgIpc) is 2.94. The normalized spacial score (nSPS) is 20.8. The average molecular weight is 265 g/mol. The highest BCUT2D eigenvalue weighted by molar-refractivity contribution is 5.98. The third-order valence-corrected chi connectivity index (χ3v) is 3.52. The Balaban J connectivity index is 2.21. The van der Waals surface area contributed by atoms with E-state index in [-0.39, 0.29) is 24.9 Å². The molecular formula is C13H19N3O3. The zero-order valence-electron chi connectivity index (χ0n) is 11.2. The predicted octanol–water partition coefficient (Wildman–Crippen LogP) is 1.68. The number of carbonyl (C=O) groups excluding carboxylic acids is 1. The molecule has 0 aromatic carbocycles. The number of hydrogen-bond acceptors (Lipinski definition) is 3. The van der Waals surface area contributed by atoms with Crippen molar-refractivity contribution < 1.29 is 14.7 Å². The fourth-order valence-corrected chi connectivity index (χ4v) is 2.50. The number of amides is 1.